The van der Waals surface area contributed by atoms with Crippen LogP contribution < -0.4 is 0 Å². The maximum absolute atomic E-state index is 10.4. The van der Waals surface area contributed by atoms with E-state index in [0.717, 1.165) is 12.8 Å². The van der Waals surface area contributed by atoms with Gasteiger partial charge in [0.05, 0.1) is 0 Å². The van der Waals surface area contributed by atoms with Crippen LogP contribution in [0.25, 0.3) is 0 Å². The van der Waals surface area contributed by atoms with E-state index in [4.69, 9.17) is 4.74 Å². The van der Waals surface area contributed by atoms with Gasteiger partial charge in [-0.15, -0.1) is 0 Å². The second kappa shape index (κ2) is 6.20. The average Bonchev–Trinajstić information content (AvgIpc) is 2.37. The molecule has 0 amide bonds. The Kier molecular flexibility index (Phi) is 5.90. The zero-order valence-corrected chi connectivity index (χ0v) is 7.72. The topological polar surface area (TPSA) is 26.3 Å². The van der Waals surface area contributed by atoms with Crippen molar-refractivity contribution in [2.24, 2.45) is 0 Å². The molecule has 0 spiro atoms. The second-order valence-corrected chi connectivity index (χ2v) is 2.77. The first-order chi connectivity index (χ1) is 5.24. The van der Waals surface area contributed by atoms with Crippen molar-refractivity contribution in [1.29, 1.82) is 0 Å². The van der Waals surface area contributed by atoms with Crippen molar-refractivity contribution in [3.05, 3.63) is 0 Å². The smallest absolute Gasteiger partial charge is 0.306 e. The fraction of sp³-hybridized carbons (Fsp3) is 0.889. The largest absolute Gasteiger partial charge is 0.462 e. The first-order valence-corrected chi connectivity index (χ1v) is 4.44. The van der Waals surface area contributed by atoms with Gasteiger partial charge in [0.2, 0.25) is 0 Å². The number of hydrogen-bond acceptors (Lipinski definition) is 2. The van der Waals surface area contributed by atoms with Gasteiger partial charge in [-0.05, 0) is 12.8 Å². The van der Waals surface area contributed by atoms with E-state index in [1.54, 1.807) is 0 Å². The number of carbonyl (C=O) groups is 1. The van der Waals surface area contributed by atoms with E-state index in [-0.39, 0.29) is 12.1 Å². The van der Waals surface area contributed by atoms with E-state index >= 15 is 0 Å². The van der Waals surface area contributed by atoms with E-state index in [9.17, 15) is 4.79 Å². The molecule has 1 fully saturated rings. The lowest BCUT2D eigenvalue weighted by atomic mass is 10.2. The summed E-state index contributed by atoms with van der Waals surface area (Å²) in [7, 11) is 0. The van der Waals surface area contributed by atoms with Crippen LogP contribution >= 0.6 is 0 Å². The molecule has 1 rings (SSSR count). The molecule has 1 atom stereocenters. The summed E-state index contributed by atoms with van der Waals surface area (Å²) in [5, 5.41) is 0. The SMILES string of the molecule is CCC.CCC1CCC(=O)O1. The number of esters is 1. The molecule has 0 aliphatic carbocycles. The Morgan fingerprint density at radius 1 is 1.45 bits per heavy atom. The minimum absolute atomic E-state index is 0.0307. The third kappa shape index (κ3) is 4.82. The Bertz CT molecular complexity index is 110. The van der Waals surface area contributed by atoms with E-state index < -0.39 is 0 Å². The van der Waals surface area contributed by atoms with Crippen LogP contribution in [-0.2, 0) is 9.53 Å². The van der Waals surface area contributed by atoms with Crippen molar-refractivity contribution in [3.8, 4) is 0 Å². The van der Waals surface area contributed by atoms with Gasteiger partial charge in [0.25, 0.3) is 0 Å². The van der Waals surface area contributed by atoms with Gasteiger partial charge in [0.1, 0.15) is 6.10 Å². The fourth-order valence-corrected chi connectivity index (χ4v) is 0.870. The highest BCUT2D eigenvalue weighted by atomic mass is 16.5. The summed E-state index contributed by atoms with van der Waals surface area (Å²) >= 11 is 0. The van der Waals surface area contributed by atoms with Crippen molar-refractivity contribution < 1.29 is 9.53 Å². The Labute approximate surface area is 68.9 Å². The van der Waals surface area contributed by atoms with Crippen LogP contribution in [0.1, 0.15) is 46.5 Å². The highest BCUT2D eigenvalue weighted by Crippen LogP contribution is 2.15. The summed E-state index contributed by atoms with van der Waals surface area (Å²) in [5.74, 6) is -0.0307. The van der Waals surface area contributed by atoms with Gasteiger partial charge in [-0.3, -0.25) is 4.79 Å². The molecule has 0 aromatic heterocycles. The van der Waals surface area contributed by atoms with Gasteiger partial charge in [-0.25, -0.2) is 0 Å². The molecule has 1 unspecified atom stereocenters. The highest BCUT2D eigenvalue weighted by molar-refractivity contribution is 5.71. The second-order valence-electron chi connectivity index (χ2n) is 2.77. The Morgan fingerprint density at radius 3 is 2.18 bits per heavy atom. The molecule has 1 heterocycles. The number of carbonyl (C=O) groups excluding carboxylic acids is 1. The molecular weight excluding hydrogens is 140 g/mol. The summed E-state index contributed by atoms with van der Waals surface area (Å²) in [6, 6.07) is 0. The van der Waals surface area contributed by atoms with Crippen LogP contribution in [0.2, 0.25) is 0 Å². The summed E-state index contributed by atoms with van der Waals surface area (Å²) < 4.78 is 4.87. The minimum atomic E-state index is -0.0307. The molecule has 1 aliphatic rings. The molecule has 66 valence electrons. The predicted octanol–water partition coefficient (Wildman–Crippen LogP) is 2.52. The monoisotopic (exact) mass is 158 g/mol. The van der Waals surface area contributed by atoms with Crippen molar-refractivity contribution in [1.82, 2.24) is 0 Å². The zero-order chi connectivity index (χ0) is 8.69. The molecule has 0 saturated carbocycles. The van der Waals surface area contributed by atoms with Gasteiger partial charge in [0.15, 0.2) is 0 Å². The quantitative estimate of drug-likeness (QED) is 0.548. The molecule has 0 N–H and O–H groups in total. The summed E-state index contributed by atoms with van der Waals surface area (Å²) in [5.41, 5.74) is 0. The molecule has 0 aromatic rings. The molecule has 0 aromatic carbocycles. The van der Waals surface area contributed by atoms with E-state index in [2.05, 4.69) is 13.8 Å². The molecule has 2 heteroatoms. The Balaban J connectivity index is 0.000000292. The number of ether oxygens (including phenoxy) is 1. The molecule has 11 heavy (non-hydrogen) atoms. The maximum Gasteiger partial charge on any atom is 0.306 e. The number of cyclic esters (lactones) is 1. The van der Waals surface area contributed by atoms with E-state index in [0.29, 0.717) is 6.42 Å². The Morgan fingerprint density at radius 2 is 2.00 bits per heavy atom. The third-order valence-corrected chi connectivity index (χ3v) is 1.42. The fourth-order valence-electron chi connectivity index (χ4n) is 0.870. The molecule has 0 radical (unpaired) electrons. The first kappa shape index (κ1) is 10.5. The van der Waals surface area contributed by atoms with Gasteiger partial charge in [-0.1, -0.05) is 27.2 Å². The van der Waals surface area contributed by atoms with Crippen LogP contribution in [0.5, 0.6) is 0 Å². The predicted molar refractivity (Wildman–Crippen MR) is 45.4 cm³/mol. The van der Waals surface area contributed by atoms with Gasteiger partial charge in [0, 0.05) is 6.42 Å². The lowest BCUT2D eigenvalue weighted by Gasteiger charge is -2.01. The summed E-state index contributed by atoms with van der Waals surface area (Å²) in [4.78, 5) is 10.4. The van der Waals surface area contributed by atoms with Crippen molar-refractivity contribution >= 4 is 5.97 Å². The normalized spacial score (nSPS) is 22.1. The zero-order valence-electron chi connectivity index (χ0n) is 7.72. The van der Waals surface area contributed by atoms with E-state index in [1.807, 2.05) is 6.92 Å². The molecule has 1 aliphatic heterocycles. The lowest BCUT2D eigenvalue weighted by molar-refractivity contribution is -0.141. The van der Waals surface area contributed by atoms with Crippen LogP contribution in [-0.4, -0.2) is 12.1 Å². The van der Waals surface area contributed by atoms with Gasteiger partial charge < -0.3 is 4.74 Å². The molecular formula is C9H18O2. The minimum Gasteiger partial charge on any atom is -0.462 e. The maximum atomic E-state index is 10.4. The molecule has 1 saturated heterocycles. The molecule has 2 nitrogen and oxygen atoms in total. The van der Waals surface area contributed by atoms with Gasteiger partial charge in [-0.2, -0.15) is 0 Å². The first-order valence-electron chi connectivity index (χ1n) is 4.44. The summed E-state index contributed by atoms with van der Waals surface area (Å²) in [6.45, 7) is 6.28. The average molecular weight is 158 g/mol. The third-order valence-electron chi connectivity index (χ3n) is 1.42. The number of rotatable bonds is 1. The van der Waals surface area contributed by atoms with Crippen molar-refractivity contribution in [2.45, 2.75) is 52.6 Å². The van der Waals surface area contributed by atoms with Crippen LogP contribution in [0, 0.1) is 0 Å². The summed E-state index contributed by atoms with van der Waals surface area (Å²) in [6.07, 6.45) is 3.99. The standard InChI is InChI=1S/C6H10O2.C3H8/c1-2-5-3-4-6(7)8-5;1-3-2/h5H,2-4H2,1H3;3H2,1-2H3. The van der Waals surface area contributed by atoms with Crippen molar-refractivity contribution in [2.75, 3.05) is 0 Å². The number of hydrogen-bond donors (Lipinski definition) is 0. The highest BCUT2D eigenvalue weighted by Gasteiger charge is 2.20. The van der Waals surface area contributed by atoms with Gasteiger partial charge >= 0.3 is 5.97 Å². The van der Waals surface area contributed by atoms with Crippen LogP contribution in [0.15, 0.2) is 0 Å². The van der Waals surface area contributed by atoms with Crippen LogP contribution in [0.3, 0.4) is 0 Å². The Hall–Kier alpha value is -0.530. The van der Waals surface area contributed by atoms with Crippen molar-refractivity contribution in [3.63, 3.8) is 0 Å². The van der Waals surface area contributed by atoms with E-state index in [1.165, 1.54) is 6.42 Å². The van der Waals surface area contributed by atoms with Crippen LogP contribution in [0.4, 0.5) is 0 Å². The molecule has 0 bridgehead atoms. The lowest BCUT2D eigenvalue weighted by Crippen LogP contribution is -2.03.